The van der Waals surface area contributed by atoms with Gasteiger partial charge in [-0.25, -0.2) is 0 Å². The molecule has 0 atom stereocenters. The van der Waals surface area contributed by atoms with Crippen molar-refractivity contribution in [1.29, 1.82) is 0 Å². The van der Waals surface area contributed by atoms with Crippen LogP contribution in [0.3, 0.4) is 0 Å². The lowest BCUT2D eigenvalue weighted by molar-refractivity contribution is -0.119. The van der Waals surface area contributed by atoms with Crippen molar-refractivity contribution < 1.29 is 9.59 Å². The molecule has 0 aromatic heterocycles. The second kappa shape index (κ2) is 9.50. The van der Waals surface area contributed by atoms with Crippen LogP contribution in [-0.4, -0.2) is 36.9 Å². The Kier molecular flexibility index (Phi) is 7.36. The molecule has 138 valence electrons. The lowest BCUT2D eigenvalue weighted by Crippen LogP contribution is -2.36. The van der Waals surface area contributed by atoms with Gasteiger partial charge in [0.2, 0.25) is 11.8 Å². The fraction of sp³-hybridized carbons (Fsp3) is 0.300. The molecule has 5 nitrogen and oxygen atoms in total. The molecule has 0 heterocycles. The number of aryl methyl sites for hydroxylation is 2. The maximum absolute atomic E-state index is 12.2. The molecule has 0 aliphatic heterocycles. The number of carbonyl (C=O) groups is 2. The van der Waals surface area contributed by atoms with Crippen LogP contribution in [0.5, 0.6) is 0 Å². The zero-order valence-electron chi connectivity index (χ0n) is 15.3. The topological polar surface area (TPSA) is 61.4 Å². The summed E-state index contributed by atoms with van der Waals surface area (Å²) in [5, 5.41) is 5.72. The van der Waals surface area contributed by atoms with E-state index in [9.17, 15) is 9.59 Å². The van der Waals surface area contributed by atoms with Crippen molar-refractivity contribution in [3.05, 3.63) is 58.1 Å². The first kappa shape index (κ1) is 20.1. The Morgan fingerprint density at radius 3 is 2.19 bits per heavy atom. The summed E-state index contributed by atoms with van der Waals surface area (Å²) in [6.45, 7) is 4.30. The molecule has 2 N–H and O–H groups in total. The first-order valence-electron chi connectivity index (χ1n) is 8.50. The molecule has 0 bridgehead atoms. The van der Waals surface area contributed by atoms with Crippen molar-refractivity contribution >= 4 is 39.1 Å². The van der Waals surface area contributed by atoms with Crippen molar-refractivity contribution in [1.82, 2.24) is 4.90 Å². The van der Waals surface area contributed by atoms with Crippen molar-refractivity contribution in [3.63, 3.8) is 0 Å². The Bertz CT molecular complexity index is 775. The molecule has 2 amide bonds. The van der Waals surface area contributed by atoms with Gasteiger partial charge in [0.05, 0.1) is 13.1 Å². The van der Waals surface area contributed by atoms with E-state index in [2.05, 4.69) is 33.5 Å². The highest BCUT2D eigenvalue weighted by molar-refractivity contribution is 9.10. The number of nitrogens with one attached hydrogen (secondary N) is 2. The summed E-state index contributed by atoms with van der Waals surface area (Å²) in [6.07, 6.45) is 0.962. The van der Waals surface area contributed by atoms with E-state index >= 15 is 0 Å². The van der Waals surface area contributed by atoms with Gasteiger partial charge in [-0.3, -0.25) is 14.5 Å². The molecule has 26 heavy (non-hydrogen) atoms. The monoisotopic (exact) mass is 417 g/mol. The number of hydrogen-bond acceptors (Lipinski definition) is 3. The fourth-order valence-corrected chi connectivity index (χ4v) is 3.00. The van der Waals surface area contributed by atoms with Gasteiger partial charge in [-0.2, -0.15) is 0 Å². The van der Waals surface area contributed by atoms with Crippen LogP contribution in [0.2, 0.25) is 0 Å². The molecule has 0 saturated carbocycles. The van der Waals surface area contributed by atoms with Crippen LogP contribution in [0.1, 0.15) is 18.1 Å². The zero-order valence-corrected chi connectivity index (χ0v) is 16.9. The van der Waals surface area contributed by atoms with Gasteiger partial charge >= 0.3 is 0 Å². The predicted molar refractivity (Wildman–Crippen MR) is 109 cm³/mol. The number of hydrogen-bond donors (Lipinski definition) is 2. The second-order valence-electron chi connectivity index (χ2n) is 6.28. The minimum Gasteiger partial charge on any atom is -0.325 e. The summed E-state index contributed by atoms with van der Waals surface area (Å²) in [6, 6.07) is 13.4. The average Bonchev–Trinajstić information content (AvgIpc) is 2.57. The van der Waals surface area contributed by atoms with Crippen molar-refractivity contribution in [2.24, 2.45) is 0 Å². The van der Waals surface area contributed by atoms with Crippen molar-refractivity contribution in [3.8, 4) is 0 Å². The Morgan fingerprint density at radius 1 is 1.00 bits per heavy atom. The summed E-state index contributed by atoms with van der Waals surface area (Å²) in [5.74, 6) is -0.303. The van der Waals surface area contributed by atoms with E-state index in [1.54, 1.807) is 11.9 Å². The molecule has 6 heteroatoms. The Hall–Kier alpha value is -2.18. The van der Waals surface area contributed by atoms with Gasteiger partial charge in [0.15, 0.2) is 0 Å². The highest BCUT2D eigenvalue weighted by Crippen LogP contribution is 2.19. The highest BCUT2D eigenvalue weighted by atomic mass is 79.9. The maximum Gasteiger partial charge on any atom is 0.238 e. The van der Waals surface area contributed by atoms with Crippen molar-refractivity contribution in [2.75, 3.05) is 30.8 Å². The summed E-state index contributed by atoms with van der Waals surface area (Å²) in [5.41, 5.74) is 3.73. The normalized spacial score (nSPS) is 10.7. The van der Waals surface area contributed by atoms with E-state index in [0.717, 1.165) is 27.8 Å². The number of benzene rings is 2. The number of carbonyl (C=O) groups excluding carboxylic acids is 2. The summed E-state index contributed by atoms with van der Waals surface area (Å²) in [4.78, 5) is 26.0. The van der Waals surface area contributed by atoms with Crippen LogP contribution in [0.15, 0.2) is 46.9 Å². The van der Waals surface area contributed by atoms with Crippen LogP contribution < -0.4 is 10.6 Å². The Balaban J connectivity index is 1.81. The summed E-state index contributed by atoms with van der Waals surface area (Å²) in [7, 11) is 1.74. The molecule has 0 fully saturated rings. The summed E-state index contributed by atoms with van der Waals surface area (Å²) >= 11 is 3.40. The lowest BCUT2D eigenvalue weighted by Gasteiger charge is -2.17. The van der Waals surface area contributed by atoms with Gasteiger partial charge in [-0.1, -0.05) is 35.0 Å². The van der Waals surface area contributed by atoms with Gasteiger partial charge in [0, 0.05) is 15.8 Å². The number of nitrogens with zero attached hydrogens (tertiary/aromatic N) is 1. The minimum atomic E-state index is -0.155. The minimum absolute atomic E-state index is 0.137. The largest absolute Gasteiger partial charge is 0.325 e. The molecule has 0 radical (unpaired) electrons. The predicted octanol–water partition coefficient (Wildman–Crippen LogP) is 3.83. The fourth-order valence-electron chi connectivity index (χ4n) is 2.53. The maximum atomic E-state index is 12.2. The van der Waals surface area contributed by atoms with E-state index in [0.29, 0.717) is 0 Å². The van der Waals surface area contributed by atoms with E-state index in [-0.39, 0.29) is 24.9 Å². The molecular formula is C20H24BrN3O2. The van der Waals surface area contributed by atoms with Crippen LogP contribution in [0, 0.1) is 6.92 Å². The van der Waals surface area contributed by atoms with Crippen LogP contribution in [0.4, 0.5) is 11.4 Å². The summed E-state index contributed by atoms with van der Waals surface area (Å²) < 4.78 is 0.966. The third-order valence-electron chi connectivity index (χ3n) is 3.94. The van der Waals surface area contributed by atoms with Gasteiger partial charge in [0.25, 0.3) is 0 Å². The van der Waals surface area contributed by atoms with Crippen LogP contribution in [-0.2, 0) is 16.0 Å². The van der Waals surface area contributed by atoms with Crippen LogP contribution in [0.25, 0.3) is 0 Å². The van der Waals surface area contributed by atoms with E-state index in [1.165, 1.54) is 5.56 Å². The molecule has 0 saturated heterocycles. The van der Waals surface area contributed by atoms with E-state index in [1.807, 2.05) is 49.4 Å². The van der Waals surface area contributed by atoms with E-state index in [4.69, 9.17) is 0 Å². The standard InChI is InChI=1S/C20H24BrN3O2/c1-4-15-5-8-17(9-6-15)22-19(25)12-24(3)13-20(26)23-18-10-7-16(21)11-14(18)2/h5-11H,4,12-13H2,1-3H3,(H,22,25)(H,23,26). The second-order valence-corrected chi connectivity index (χ2v) is 7.19. The quantitative estimate of drug-likeness (QED) is 0.719. The van der Waals surface area contributed by atoms with Gasteiger partial charge < -0.3 is 10.6 Å². The number of anilines is 2. The van der Waals surface area contributed by atoms with Gasteiger partial charge in [-0.15, -0.1) is 0 Å². The number of rotatable bonds is 7. The first-order valence-corrected chi connectivity index (χ1v) is 9.30. The van der Waals surface area contributed by atoms with Crippen molar-refractivity contribution in [2.45, 2.75) is 20.3 Å². The van der Waals surface area contributed by atoms with Gasteiger partial charge in [-0.05, 0) is 61.9 Å². The molecule has 2 aromatic rings. The average molecular weight is 418 g/mol. The van der Waals surface area contributed by atoms with Gasteiger partial charge in [0.1, 0.15) is 0 Å². The molecule has 0 spiro atoms. The number of likely N-dealkylation sites (N-methyl/N-ethyl adjacent to an activating group) is 1. The van der Waals surface area contributed by atoms with Crippen LogP contribution >= 0.6 is 15.9 Å². The van der Waals surface area contributed by atoms with E-state index < -0.39 is 0 Å². The highest BCUT2D eigenvalue weighted by Gasteiger charge is 2.12. The molecular weight excluding hydrogens is 394 g/mol. The zero-order chi connectivity index (χ0) is 19.1. The number of amides is 2. The third-order valence-corrected chi connectivity index (χ3v) is 4.43. The molecule has 2 rings (SSSR count). The first-order chi connectivity index (χ1) is 12.4. The Labute approximate surface area is 162 Å². The molecule has 2 aromatic carbocycles. The molecule has 0 unspecified atom stereocenters. The lowest BCUT2D eigenvalue weighted by atomic mass is 10.1. The molecule has 0 aliphatic carbocycles. The smallest absolute Gasteiger partial charge is 0.238 e. The SMILES string of the molecule is CCc1ccc(NC(=O)CN(C)CC(=O)Nc2ccc(Br)cc2C)cc1. The molecule has 0 aliphatic rings. The Morgan fingerprint density at radius 2 is 1.62 bits per heavy atom. The third kappa shape index (κ3) is 6.28. The number of halogens is 1.